The standard InChI is InChI=1S/C22H22FNO4S/c1-2-28-18-9-5-16(6-10-18)19-20(29-14-13-25)22(27)24(21(19)26)12-11-15-3-7-17(23)8-4-15/h3-10,25H,2,11-14H2,1H3. The van der Waals surface area contributed by atoms with Gasteiger partial charge in [0.15, 0.2) is 0 Å². The molecule has 0 radical (unpaired) electrons. The second kappa shape index (κ2) is 9.71. The third-order valence-corrected chi connectivity index (χ3v) is 5.51. The number of aliphatic hydroxyl groups excluding tert-OH is 1. The molecule has 7 heteroatoms. The molecule has 1 aliphatic heterocycles. The van der Waals surface area contributed by atoms with Crippen LogP contribution in [0.1, 0.15) is 18.1 Å². The monoisotopic (exact) mass is 415 g/mol. The zero-order valence-electron chi connectivity index (χ0n) is 16.1. The van der Waals surface area contributed by atoms with E-state index in [1.165, 1.54) is 28.8 Å². The summed E-state index contributed by atoms with van der Waals surface area (Å²) in [5.74, 6) is -0.0440. The van der Waals surface area contributed by atoms with Crippen LogP contribution in [0.15, 0.2) is 53.4 Å². The first-order valence-electron chi connectivity index (χ1n) is 9.37. The van der Waals surface area contributed by atoms with E-state index in [2.05, 4.69) is 0 Å². The van der Waals surface area contributed by atoms with Gasteiger partial charge in [-0.1, -0.05) is 24.3 Å². The summed E-state index contributed by atoms with van der Waals surface area (Å²) in [5, 5.41) is 9.17. The van der Waals surface area contributed by atoms with E-state index in [-0.39, 0.29) is 30.8 Å². The molecule has 1 N–H and O–H groups in total. The third kappa shape index (κ3) is 4.86. The lowest BCUT2D eigenvalue weighted by Gasteiger charge is -2.15. The molecular formula is C22H22FNO4S. The Bertz CT molecular complexity index is 909. The van der Waals surface area contributed by atoms with Gasteiger partial charge in [-0.15, -0.1) is 11.8 Å². The highest BCUT2D eigenvalue weighted by atomic mass is 32.2. The summed E-state index contributed by atoms with van der Waals surface area (Å²) < 4.78 is 18.5. The number of thioether (sulfide) groups is 1. The quantitative estimate of drug-likeness (QED) is 0.637. The Kier molecular flexibility index (Phi) is 7.06. The lowest BCUT2D eigenvalue weighted by molar-refractivity contribution is -0.136. The molecule has 1 aliphatic rings. The largest absolute Gasteiger partial charge is 0.494 e. The minimum Gasteiger partial charge on any atom is -0.494 e. The van der Waals surface area contributed by atoms with Gasteiger partial charge in [-0.3, -0.25) is 14.5 Å². The molecule has 3 rings (SSSR count). The van der Waals surface area contributed by atoms with Crippen LogP contribution >= 0.6 is 11.8 Å². The van der Waals surface area contributed by atoms with Crippen LogP contribution in [0.2, 0.25) is 0 Å². The maximum atomic E-state index is 13.1. The number of halogens is 1. The Morgan fingerprint density at radius 1 is 1.03 bits per heavy atom. The predicted molar refractivity (Wildman–Crippen MR) is 111 cm³/mol. The molecule has 1 heterocycles. The maximum Gasteiger partial charge on any atom is 0.267 e. The van der Waals surface area contributed by atoms with Crippen molar-refractivity contribution in [3.8, 4) is 5.75 Å². The van der Waals surface area contributed by atoms with Crippen molar-refractivity contribution in [2.75, 3.05) is 25.5 Å². The topological polar surface area (TPSA) is 66.8 Å². The fourth-order valence-corrected chi connectivity index (χ4v) is 3.95. The number of carbonyl (C=O) groups is 2. The van der Waals surface area contributed by atoms with Crippen molar-refractivity contribution < 1.29 is 23.8 Å². The molecule has 0 atom stereocenters. The highest BCUT2D eigenvalue weighted by Gasteiger charge is 2.38. The second-order valence-electron chi connectivity index (χ2n) is 6.37. The number of benzene rings is 2. The van der Waals surface area contributed by atoms with Crippen LogP contribution in [-0.4, -0.2) is 47.3 Å². The molecule has 0 saturated carbocycles. The van der Waals surface area contributed by atoms with Crippen LogP contribution in [0.4, 0.5) is 4.39 Å². The van der Waals surface area contributed by atoms with Gasteiger partial charge in [0.05, 0.1) is 23.7 Å². The lowest BCUT2D eigenvalue weighted by Crippen LogP contribution is -2.33. The number of imide groups is 1. The van der Waals surface area contributed by atoms with Gasteiger partial charge >= 0.3 is 0 Å². The van der Waals surface area contributed by atoms with E-state index in [0.717, 1.165) is 5.56 Å². The molecule has 0 unspecified atom stereocenters. The molecule has 152 valence electrons. The number of ether oxygens (including phenoxy) is 1. The Hall–Kier alpha value is -2.64. The van der Waals surface area contributed by atoms with Gasteiger partial charge in [0.2, 0.25) is 0 Å². The molecule has 5 nitrogen and oxygen atoms in total. The molecule has 2 aromatic rings. The fraction of sp³-hybridized carbons (Fsp3) is 0.273. The molecule has 29 heavy (non-hydrogen) atoms. The van der Waals surface area contributed by atoms with Gasteiger partial charge in [0.1, 0.15) is 11.6 Å². The van der Waals surface area contributed by atoms with Crippen LogP contribution in [0.25, 0.3) is 5.57 Å². The summed E-state index contributed by atoms with van der Waals surface area (Å²) in [6, 6.07) is 13.0. The average Bonchev–Trinajstić information content (AvgIpc) is 2.96. The van der Waals surface area contributed by atoms with Crippen molar-refractivity contribution in [1.29, 1.82) is 0 Å². The molecular weight excluding hydrogens is 393 g/mol. The Morgan fingerprint density at radius 3 is 2.34 bits per heavy atom. The Balaban J connectivity index is 1.83. The van der Waals surface area contributed by atoms with E-state index in [4.69, 9.17) is 4.74 Å². The lowest BCUT2D eigenvalue weighted by atomic mass is 10.1. The molecule has 0 aliphatic carbocycles. The van der Waals surface area contributed by atoms with Crippen molar-refractivity contribution >= 4 is 29.1 Å². The molecule has 2 amide bonds. The summed E-state index contributed by atoms with van der Waals surface area (Å²) in [6.07, 6.45) is 0.437. The van der Waals surface area contributed by atoms with Crippen LogP contribution in [0.5, 0.6) is 5.75 Å². The first-order valence-corrected chi connectivity index (χ1v) is 10.4. The van der Waals surface area contributed by atoms with Crippen molar-refractivity contribution in [2.24, 2.45) is 0 Å². The Morgan fingerprint density at radius 2 is 1.72 bits per heavy atom. The summed E-state index contributed by atoms with van der Waals surface area (Å²) in [4.78, 5) is 27.5. The van der Waals surface area contributed by atoms with E-state index in [0.29, 0.717) is 40.6 Å². The van der Waals surface area contributed by atoms with Gasteiger partial charge < -0.3 is 9.84 Å². The number of amides is 2. The van der Waals surface area contributed by atoms with Crippen molar-refractivity contribution in [2.45, 2.75) is 13.3 Å². The Labute approximate surface area is 173 Å². The zero-order chi connectivity index (χ0) is 20.8. The van der Waals surface area contributed by atoms with E-state index in [1.807, 2.05) is 6.92 Å². The SMILES string of the molecule is CCOc1ccc(C2=C(SCCO)C(=O)N(CCc3ccc(F)cc3)C2=O)cc1. The van der Waals surface area contributed by atoms with Gasteiger partial charge in [-0.2, -0.15) is 0 Å². The number of aliphatic hydroxyl groups is 1. The molecule has 0 spiro atoms. The normalized spacial score (nSPS) is 14.1. The van der Waals surface area contributed by atoms with E-state index < -0.39 is 0 Å². The highest BCUT2D eigenvalue weighted by molar-refractivity contribution is 8.04. The maximum absolute atomic E-state index is 13.1. The van der Waals surface area contributed by atoms with Crippen LogP contribution in [0, 0.1) is 5.82 Å². The zero-order valence-corrected chi connectivity index (χ0v) is 16.9. The first kappa shape index (κ1) is 21.1. The molecule has 2 aromatic carbocycles. The molecule has 0 bridgehead atoms. The molecule has 0 fully saturated rings. The first-order chi connectivity index (χ1) is 14.0. The minimum absolute atomic E-state index is 0.0955. The fourth-order valence-electron chi connectivity index (χ4n) is 3.07. The van der Waals surface area contributed by atoms with Crippen LogP contribution in [-0.2, 0) is 16.0 Å². The minimum atomic E-state index is -0.362. The predicted octanol–water partition coefficient (Wildman–Crippen LogP) is 3.27. The number of carbonyl (C=O) groups excluding carboxylic acids is 2. The van der Waals surface area contributed by atoms with E-state index in [9.17, 15) is 19.1 Å². The van der Waals surface area contributed by atoms with Crippen molar-refractivity contribution in [3.05, 3.63) is 70.4 Å². The van der Waals surface area contributed by atoms with Crippen LogP contribution < -0.4 is 4.74 Å². The van der Waals surface area contributed by atoms with Crippen molar-refractivity contribution in [3.63, 3.8) is 0 Å². The number of nitrogens with zero attached hydrogens (tertiary/aromatic N) is 1. The average molecular weight is 415 g/mol. The summed E-state index contributed by atoms with van der Waals surface area (Å²) in [5.41, 5.74) is 1.82. The van der Waals surface area contributed by atoms with E-state index in [1.54, 1.807) is 36.4 Å². The number of hydrogen-bond acceptors (Lipinski definition) is 5. The van der Waals surface area contributed by atoms with E-state index >= 15 is 0 Å². The summed E-state index contributed by atoms with van der Waals surface area (Å²) in [7, 11) is 0. The smallest absolute Gasteiger partial charge is 0.267 e. The summed E-state index contributed by atoms with van der Waals surface area (Å²) >= 11 is 1.18. The number of hydrogen-bond donors (Lipinski definition) is 1. The van der Waals surface area contributed by atoms with Crippen molar-refractivity contribution in [1.82, 2.24) is 4.90 Å². The van der Waals surface area contributed by atoms with Gasteiger partial charge in [-0.25, -0.2) is 4.39 Å². The third-order valence-electron chi connectivity index (χ3n) is 4.45. The number of rotatable bonds is 9. The highest BCUT2D eigenvalue weighted by Crippen LogP contribution is 2.36. The van der Waals surface area contributed by atoms with Gasteiger partial charge in [0.25, 0.3) is 11.8 Å². The second-order valence-corrected chi connectivity index (χ2v) is 7.48. The molecule has 0 aromatic heterocycles. The van der Waals surface area contributed by atoms with Gasteiger partial charge in [0, 0.05) is 12.3 Å². The van der Waals surface area contributed by atoms with Crippen LogP contribution in [0.3, 0.4) is 0 Å². The summed E-state index contributed by atoms with van der Waals surface area (Å²) in [6.45, 7) is 2.53. The molecule has 0 saturated heterocycles. The van der Waals surface area contributed by atoms with Gasteiger partial charge in [-0.05, 0) is 48.7 Å².